The first-order chi connectivity index (χ1) is 17.9. The number of hydrogen-bond acceptors (Lipinski definition) is 6. The van der Waals surface area contributed by atoms with Crippen LogP contribution in [0.3, 0.4) is 0 Å². The lowest BCUT2D eigenvalue weighted by atomic mass is 10.1. The zero-order valence-electron chi connectivity index (χ0n) is 23.5. The highest BCUT2D eigenvalue weighted by molar-refractivity contribution is 6.03. The lowest BCUT2D eigenvalue weighted by Crippen LogP contribution is -2.41. The van der Waals surface area contributed by atoms with Gasteiger partial charge in [-0.05, 0) is 64.1 Å². The number of benzene rings is 2. The molecule has 0 fully saturated rings. The summed E-state index contributed by atoms with van der Waals surface area (Å²) in [5.41, 5.74) is 1.60. The van der Waals surface area contributed by atoms with E-state index in [-0.39, 0.29) is 35.9 Å². The lowest BCUT2D eigenvalue weighted by Gasteiger charge is -2.20. The second kappa shape index (κ2) is 16.2. The standard InChI is InChI=1S/C26H33FN4O4.C3H8/c1-7-28-20-12-13-21(35-15-14-34-6)25(27)24(20)17(2)29-18-8-10-19(11-9-18)30-22(32)16-23(33)31-26(3,4)5;1-3-2/h7-13,29H,2,14-16H2,1,3-6H3,(H,30,32)(H,31,33);3H2,1-2H3. The molecule has 0 bridgehead atoms. The molecule has 0 spiro atoms. The number of rotatable bonds is 11. The van der Waals surface area contributed by atoms with E-state index in [2.05, 4.69) is 41.4 Å². The molecule has 3 N–H and O–H groups in total. The van der Waals surface area contributed by atoms with Gasteiger partial charge in [-0.15, -0.1) is 0 Å². The summed E-state index contributed by atoms with van der Waals surface area (Å²) in [5, 5.41) is 8.49. The summed E-state index contributed by atoms with van der Waals surface area (Å²) in [4.78, 5) is 28.3. The molecule has 2 rings (SSSR count). The molecule has 2 aromatic rings. The van der Waals surface area contributed by atoms with Gasteiger partial charge in [0.25, 0.3) is 0 Å². The Morgan fingerprint density at radius 2 is 1.58 bits per heavy atom. The molecule has 0 atom stereocenters. The van der Waals surface area contributed by atoms with Gasteiger partial charge in [0.15, 0.2) is 11.6 Å². The highest BCUT2D eigenvalue weighted by Gasteiger charge is 2.18. The minimum absolute atomic E-state index is 0.0728. The van der Waals surface area contributed by atoms with E-state index in [1.54, 1.807) is 43.5 Å². The summed E-state index contributed by atoms with van der Waals surface area (Å²) >= 11 is 0. The van der Waals surface area contributed by atoms with Crippen molar-refractivity contribution in [1.29, 1.82) is 0 Å². The molecule has 9 heteroatoms. The quantitative estimate of drug-likeness (QED) is 0.180. The first kappa shape index (κ1) is 32.3. The van der Waals surface area contributed by atoms with Crippen LogP contribution in [0.4, 0.5) is 21.5 Å². The Morgan fingerprint density at radius 1 is 1.00 bits per heavy atom. The Balaban J connectivity index is 0.00000229. The predicted molar refractivity (Wildman–Crippen MR) is 154 cm³/mol. The van der Waals surface area contributed by atoms with Gasteiger partial charge in [0.1, 0.15) is 13.0 Å². The molecule has 2 aromatic carbocycles. The van der Waals surface area contributed by atoms with Crippen molar-refractivity contribution in [3.63, 3.8) is 0 Å². The maximum absolute atomic E-state index is 15.2. The zero-order chi connectivity index (χ0) is 28.7. The van der Waals surface area contributed by atoms with E-state index in [0.717, 1.165) is 0 Å². The van der Waals surface area contributed by atoms with Gasteiger partial charge < -0.3 is 25.4 Å². The summed E-state index contributed by atoms with van der Waals surface area (Å²) in [6, 6.07) is 9.91. The summed E-state index contributed by atoms with van der Waals surface area (Å²) < 4.78 is 25.6. The van der Waals surface area contributed by atoms with Crippen molar-refractivity contribution in [1.82, 2.24) is 5.32 Å². The number of ether oxygens (including phenoxy) is 2. The molecule has 0 heterocycles. The van der Waals surface area contributed by atoms with Crippen LogP contribution >= 0.6 is 0 Å². The second-order valence-electron chi connectivity index (χ2n) is 9.41. The maximum atomic E-state index is 15.2. The van der Waals surface area contributed by atoms with Crippen molar-refractivity contribution in [3.8, 4) is 5.75 Å². The van der Waals surface area contributed by atoms with Crippen molar-refractivity contribution < 1.29 is 23.5 Å². The number of hydrogen-bond donors (Lipinski definition) is 3. The van der Waals surface area contributed by atoms with Crippen LogP contribution in [0.2, 0.25) is 0 Å². The fraction of sp³-hybridized carbons (Fsp3) is 0.414. The molecule has 38 heavy (non-hydrogen) atoms. The van der Waals surface area contributed by atoms with Crippen molar-refractivity contribution in [2.45, 2.75) is 59.9 Å². The molecule has 0 unspecified atom stereocenters. The topological polar surface area (TPSA) is 101 Å². The number of nitrogens with one attached hydrogen (secondary N) is 3. The highest BCUT2D eigenvalue weighted by Crippen LogP contribution is 2.34. The number of anilines is 2. The Hall–Kier alpha value is -3.72. The molecule has 0 saturated heterocycles. The molecule has 0 aliphatic heterocycles. The van der Waals surface area contributed by atoms with Crippen LogP contribution in [0.1, 0.15) is 59.9 Å². The molecule has 0 radical (unpaired) electrons. The van der Waals surface area contributed by atoms with Gasteiger partial charge in [-0.25, -0.2) is 4.39 Å². The Morgan fingerprint density at radius 3 is 2.11 bits per heavy atom. The monoisotopic (exact) mass is 528 g/mol. The lowest BCUT2D eigenvalue weighted by molar-refractivity contribution is -0.127. The van der Waals surface area contributed by atoms with Crippen LogP contribution in [0.25, 0.3) is 5.70 Å². The van der Waals surface area contributed by atoms with Crippen LogP contribution in [-0.4, -0.2) is 43.9 Å². The van der Waals surface area contributed by atoms with Gasteiger partial charge in [-0.2, -0.15) is 0 Å². The van der Waals surface area contributed by atoms with E-state index >= 15 is 4.39 Å². The third-order valence-corrected chi connectivity index (χ3v) is 4.50. The number of aliphatic imine (C=N–C) groups is 1. The molecule has 0 aliphatic rings. The number of amides is 2. The number of carbonyl (C=O) groups is 2. The molecule has 8 nitrogen and oxygen atoms in total. The smallest absolute Gasteiger partial charge is 0.233 e. The predicted octanol–water partition coefficient (Wildman–Crippen LogP) is 6.32. The molecule has 2 amide bonds. The Labute approximate surface area is 225 Å². The first-order valence-electron chi connectivity index (χ1n) is 12.6. The average Bonchev–Trinajstić information content (AvgIpc) is 2.81. The highest BCUT2D eigenvalue weighted by atomic mass is 19.1. The summed E-state index contributed by atoms with van der Waals surface area (Å²) in [5.74, 6) is -1.29. The van der Waals surface area contributed by atoms with E-state index < -0.39 is 17.3 Å². The van der Waals surface area contributed by atoms with Crippen LogP contribution in [0.15, 0.2) is 48.0 Å². The number of nitrogens with zero attached hydrogens (tertiary/aromatic N) is 1. The summed E-state index contributed by atoms with van der Waals surface area (Å²) in [6.45, 7) is 16.0. The van der Waals surface area contributed by atoms with Gasteiger partial charge in [0.2, 0.25) is 11.8 Å². The molecule has 0 aliphatic carbocycles. The van der Waals surface area contributed by atoms with Gasteiger partial charge in [0.05, 0.1) is 17.9 Å². The normalized spacial score (nSPS) is 10.8. The van der Waals surface area contributed by atoms with Crippen LogP contribution in [0.5, 0.6) is 5.75 Å². The minimum atomic E-state index is -0.584. The van der Waals surface area contributed by atoms with Gasteiger partial charge in [0, 0.05) is 35.9 Å². The number of halogens is 1. The molecular formula is C29H41FN4O4. The Kier molecular flexibility index (Phi) is 13.8. The van der Waals surface area contributed by atoms with Crippen LogP contribution in [0, 0.1) is 5.82 Å². The van der Waals surface area contributed by atoms with E-state index in [4.69, 9.17) is 9.47 Å². The fourth-order valence-corrected chi connectivity index (χ4v) is 3.11. The minimum Gasteiger partial charge on any atom is -0.488 e. The van der Waals surface area contributed by atoms with E-state index in [1.165, 1.54) is 19.6 Å². The van der Waals surface area contributed by atoms with Gasteiger partial charge >= 0.3 is 0 Å². The van der Waals surface area contributed by atoms with Crippen molar-refractivity contribution >= 4 is 40.8 Å². The second-order valence-corrected chi connectivity index (χ2v) is 9.41. The zero-order valence-corrected chi connectivity index (χ0v) is 23.5. The SMILES string of the molecule is C=C(Nc1ccc(NC(=O)CC(=O)NC(C)(C)C)cc1)c1c(N=CC)ccc(OCCOC)c1F.CCC. The number of carbonyl (C=O) groups excluding carboxylic acids is 2. The van der Waals surface area contributed by atoms with Gasteiger partial charge in [-0.1, -0.05) is 26.8 Å². The van der Waals surface area contributed by atoms with Gasteiger partial charge in [-0.3, -0.25) is 14.6 Å². The first-order valence-corrected chi connectivity index (χ1v) is 12.6. The average molecular weight is 529 g/mol. The van der Waals surface area contributed by atoms with Crippen molar-refractivity contribution in [2.75, 3.05) is 31.0 Å². The van der Waals surface area contributed by atoms with E-state index in [1.807, 2.05) is 20.8 Å². The maximum Gasteiger partial charge on any atom is 0.233 e. The van der Waals surface area contributed by atoms with Crippen molar-refractivity contribution in [3.05, 3.63) is 54.4 Å². The molecular weight excluding hydrogens is 487 g/mol. The molecule has 208 valence electrons. The summed E-state index contributed by atoms with van der Waals surface area (Å²) in [7, 11) is 1.54. The third kappa shape index (κ3) is 11.6. The Bertz CT molecular complexity index is 1090. The summed E-state index contributed by atoms with van der Waals surface area (Å²) in [6.07, 6.45) is 2.53. The van der Waals surface area contributed by atoms with Crippen LogP contribution in [-0.2, 0) is 14.3 Å². The fourth-order valence-electron chi connectivity index (χ4n) is 3.11. The van der Waals surface area contributed by atoms with Crippen molar-refractivity contribution in [2.24, 2.45) is 4.99 Å². The van der Waals surface area contributed by atoms with E-state index in [0.29, 0.717) is 23.7 Å². The molecule has 0 aromatic heterocycles. The van der Waals surface area contributed by atoms with Crippen LogP contribution < -0.4 is 20.7 Å². The third-order valence-electron chi connectivity index (χ3n) is 4.50. The number of methoxy groups -OCH3 is 1. The largest absolute Gasteiger partial charge is 0.488 e. The molecule has 0 saturated carbocycles. The van der Waals surface area contributed by atoms with E-state index in [9.17, 15) is 9.59 Å².